The molecule has 0 amide bonds. The Bertz CT molecular complexity index is 870. The van der Waals surface area contributed by atoms with Crippen molar-refractivity contribution >= 4 is 17.0 Å². The second kappa shape index (κ2) is 6.72. The molecule has 0 spiro atoms. The number of rotatable bonds is 4. The fourth-order valence-corrected chi connectivity index (χ4v) is 3.18. The predicted molar refractivity (Wildman–Crippen MR) is 92.9 cm³/mol. The van der Waals surface area contributed by atoms with E-state index in [1.54, 1.807) is 16.8 Å². The molecule has 130 valence electrons. The first-order valence-electron chi connectivity index (χ1n) is 8.51. The highest BCUT2D eigenvalue weighted by Crippen LogP contribution is 2.22. The number of likely N-dealkylation sites (N-methyl/N-ethyl adjacent to an activating group) is 1. The molecule has 2 aromatic heterocycles. The number of fused-ring (bicyclic) bond motifs is 1. The monoisotopic (exact) mass is 341 g/mol. The number of piperazine rings is 1. The normalized spacial score (nSPS) is 15.8. The largest absolute Gasteiger partial charge is 0.352 e. The number of anilines is 1. The summed E-state index contributed by atoms with van der Waals surface area (Å²) in [4.78, 5) is 13.4. The molecule has 7 nitrogen and oxygen atoms in total. The average Bonchev–Trinajstić information content (AvgIpc) is 3.07. The molecule has 1 saturated heterocycles. The van der Waals surface area contributed by atoms with Gasteiger partial charge in [0.05, 0.1) is 6.54 Å². The van der Waals surface area contributed by atoms with Gasteiger partial charge < -0.3 is 9.80 Å². The molecule has 1 aliphatic heterocycles. The fraction of sp³-hybridized carbons (Fsp3) is 0.412. The summed E-state index contributed by atoms with van der Waals surface area (Å²) in [6, 6.07) is 6.68. The molecule has 4 rings (SSSR count). The fourth-order valence-electron chi connectivity index (χ4n) is 3.18. The van der Waals surface area contributed by atoms with Crippen molar-refractivity contribution in [1.82, 2.24) is 29.9 Å². The molecule has 0 saturated carbocycles. The van der Waals surface area contributed by atoms with Gasteiger partial charge in [0, 0.05) is 31.7 Å². The molecule has 3 heterocycles. The van der Waals surface area contributed by atoms with Crippen LogP contribution in [0.15, 0.2) is 30.6 Å². The molecule has 25 heavy (non-hydrogen) atoms. The van der Waals surface area contributed by atoms with Crippen LogP contribution in [0.5, 0.6) is 0 Å². The summed E-state index contributed by atoms with van der Waals surface area (Å²) in [5.41, 5.74) is 1.86. The third-order valence-corrected chi connectivity index (χ3v) is 4.68. The third-order valence-electron chi connectivity index (χ3n) is 4.68. The van der Waals surface area contributed by atoms with Crippen molar-refractivity contribution in [3.05, 3.63) is 42.0 Å². The summed E-state index contributed by atoms with van der Waals surface area (Å²) in [6.07, 6.45) is 1.53. The molecule has 0 unspecified atom stereocenters. The van der Waals surface area contributed by atoms with E-state index < -0.39 is 0 Å². The zero-order chi connectivity index (χ0) is 17.2. The minimum atomic E-state index is -0.254. The summed E-state index contributed by atoms with van der Waals surface area (Å²) in [5.74, 6) is 0.552. The van der Waals surface area contributed by atoms with Gasteiger partial charge >= 0.3 is 0 Å². The second-order valence-electron chi connectivity index (χ2n) is 6.13. The van der Waals surface area contributed by atoms with Gasteiger partial charge in [-0.05, 0) is 12.6 Å². The molecule has 0 N–H and O–H groups in total. The Hall–Kier alpha value is -2.61. The SMILES string of the molecule is CCN1CCN(c2ncnc3c2nnn3Cc2ccccc2F)CC1. The standard InChI is InChI=1S/C17H20FN7/c1-2-23-7-9-24(10-8-23)16-15-17(20-12-19-16)25(22-21-15)11-13-5-3-4-6-14(13)18/h3-6,12H,2,7-11H2,1H3. The first-order valence-corrected chi connectivity index (χ1v) is 8.51. The number of hydrogen-bond acceptors (Lipinski definition) is 6. The minimum absolute atomic E-state index is 0.254. The molecule has 0 atom stereocenters. The summed E-state index contributed by atoms with van der Waals surface area (Å²) in [6.45, 7) is 7.35. The Morgan fingerprint density at radius 2 is 1.88 bits per heavy atom. The van der Waals surface area contributed by atoms with Crippen LogP contribution in [-0.4, -0.2) is 62.6 Å². The Kier molecular flexibility index (Phi) is 4.27. The lowest BCUT2D eigenvalue weighted by Crippen LogP contribution is -2.46. The van der Waals surface area contributed by atoms with E-state index in [1.165, 1.54) is 12.4 Å². The first kappa shape index (κ1) is 15.9. The molecular weight excluding hydrogens is 321 g/mol. The lowest BCUT2D eigenvalue weighted by atomic mass is 10.2. The van der Waals surface area contributed by atoms with E-state index in [9.17, 15) is 4.39 Å². The van der Waals surface area contributed by atoms with Crippen LogP contribution in [0.3, 0.4) is 0 Å². The molecular formula is C17H20FN7. The highest BCUT2D eigenvalue weighted by Gasteiger charge is 2.21. The lowest BCUT2D eigenvalue weighted by Gasteiger charge is -2.34. The zero-order valence-electron chi connectivity index (χ0n) is 14.1. The van der Waals surface area contributed by atoms with Crippen molar-refractivity contribution in [2.75, 3.05) is 37.6 Å². The summed E-state index contributed by atoms with van der Waals surface area (Å²) in [5, 5.41) is 8.45. The van der Waals surface area contributed by atoms with Crippen molar-refractivity contribution < 1.29 is 4.39 Å². The number of aromatic nitrogens is 5. The van der Waals surface area contributed by atoms with Crippen LogP contribution in [0.25, 0.3) is 11.2 Å². The smallest absolute Gasteiger partial charge is 0.184 e. The Balaban J connectivity index is 1.63. The molecule has 0 aliphatic carbocycles. The topological polar surface area (TPSA) is 63.0 Å². The Morgan fingerprint density at radius 1 is 1.08 bits per heavy atom. The third kappa shape index (κ3) is 3.05. The molecule has 0 radical (unpaired) electrons. The van der Waals surface area contributed by atoms with Crippen molar-refractivity contribution in [2.24, 2.45) is 0 Å². The number of nitrogens with zero attached hydrogens (tertiary/aromatic N) is 7. The van der Waals surface area contributed by atoms with Crippen LogP contribution >= 0.6 is 0 Å². The highest BCUT2D eigenvalue weighted by molar-refractivity contribution is 5.82. The van der Waals surface area contributed by atoms with E-state index in [1.807, 2.05) is 6.07 Å². The maximum atomic E-state index is 13.9. The van der Waals surface area contributed by atoms with Gasteiger partial charge in [0.15, 0.2) is 17.0 Å². The molecule has 1 aliphatic rings. The van der Waals surface area contributed by atoms with Crippen LogP contribution in [0.2, 0.25) is 0 Å². The van der Waals surface area contributed by atoms with Crippen LogP contribution < -0.4 is 4.90 Å². The maximum Gasteiger partial charge on any atom is 0.184 e. The van der Waals surface area contributed by atoms with E-state index >= 15 is 0 Å². The average molecular weight is 341 g/mol. The first-order chi connectivity index (χ1) is 12.3. The molecule has 1 fully saturated rings. The van der Waals surface area contributed by atoms with E-state index in [2.05, 4.69) is 37.0 Å². The second-order valence-corrected chi connectivity index (χ2v) is 6.13. The number of halogens is 1. The van der Waals surface area contributed by atoms with Gasteiger partial charge in [0.25, 0.3) is 0 Å². The van der Waals surface area contributed by atoms with Gasteiger partial charge in [0.2, 0.25) is 0 Å². The van der Waals surface area contributed by atoms with Crippen molar-refractivity contribution in [3.8, 4) is 0 Å². The summed E-state index contributed by atoms with van der Waals surface area (Å²) >= 11 is 0. The van der Waals surface area contributed by atoms with Gasteiger partial charge in [-0.1, -0.05) is 30.3 Å². The lowest BCUT2D eigenvalue weighted by molar-refractivity contribution is 0.270. The van der Waals surface area contributed by atoms with Crippen molar-refractivity contribution in [2.45, 2.75) is 13.5 Å². The predicted octanol–water partition coefficient (Wildman–Crippen LogP) is 1.55. The van der Waals surface area contributed by atoms with Crippen LogP contribution in [-0.2, 0) is 6.54 Å². The van der Waals surface area contributed by atoms with Crippen LogP contribution in [0.1, 0.15) is 12.5 Å². The quantitative estimate of drug-likeness (QED) is 0.717. The van der Waals surface area contributed by atoms with Crippen molar-refractivity contribution in [3.63, 3.8) is 0 Å². The maximum absolute atomic E-state index is 13.9. The van der Waals surface area contributed by atoms with Crippen LogP contribution in [0.4, 0.5) is 10.2 Å². The Labute approximate surface area is 145 Å². The summed E-state index contributed by atoms with van der Waals surface area (Å²) in [7, 11) is 0. The van der Waals surface area contributed by atoms with E-state index in [-0.39, 0.29) is 5.82 Å². The van der Waals surface area contributed by atoms with Gasteiger partial charge in [-0.2, -0.15) is 0 Å². The zero-order valence-corrected chi connectivity index (χ0v) is 14.1. The molecule has 0 bridgehead atoms. The number of hydrogen-bond donors (Lipinski definition) is 0. The molecule has 1 aromatic carbocycles. The van der Waals surface area contributed by atoms with Gasteiger partial charge in [-0.25, -0.2) is 19.0 Å². The summed E-state index contributed by atoms with van der Waals surface area (Å²) < 4.78 is 15.5. The van der Waals surface area contributed by atoms with Gasteiger partial charge in [-0.3, -0.25) is 0 Å². The van der Waals surface area contributed by atoms with Gasteiger partial charge in [0.1, 0.15) is 12.1 Å². The molecule has 8 heteroatoms. The van der Waals surface area contributed by atoms with Gasteiger partial charge in [-0.15, -0.1) is 5.10 Å². The van der Waals surface area contributed by atoms with E-state index in [4.69, 9.17) is 0 Å². The van der Waals surface area contributed by atoms with Crippen LogP contribution in [0, 0.1) is 5.82 Å². The van der Waals surface area contributed by atoms with Crippen molar-refractivity contribution in [1.29, 1.82) is 0 Å². The van der Waals surface area contributed by atoms with E-state index in [0.717, 1.165) is 38.5 Å². The van der Waals surface area contributed by atoms with E-state index in [0.29, 0.717) is 23.3 Å². The Morgan fingerprint density at radius 3 is 2.64 bits per heavy atom. The minimum Gasteiger partial charge on any atom is -0.352 e. The molecule has 3 aromatic rings. The number of benzene rings is 1. The highest BCUT2D eigenvalue weighted by atomic mass is 19.1.